The lowest BCUT2D eigenvalue weighted by molar-refractivity contribution is -0.137. The Hall–Kier alpha value is -2.40. The molecule has 0 aliphatic heterocycles. The van der Waals surface area contributed by atoms with Gasteiger partial charge in [-0.1, -0.05) is 11.6 Å². The summed E-state index contributed by atoms with van der Waals surface area (Å²) in [5.41, 5.74) is -1.66. The van der Waals surface area contributed by atoms with Crippen LogP contribution in [0.5, 0.6) is 0 Å². The van der Waals surface area contributed by atoms with Crippen molar-refractivity contribution in [2.24, 2.45) is 0 Å². The van der Waals surface area contributed by atoms with Crippen LogP contribution in [-0.4, -0.2) is 24.1 Å². The van der Waals surface area contributed by atoms with Crippen LogP contribution in [0.25, 0.3) is 0 Å². The number of benzene rings is 2. The molecule has 0 aliphatic carbocycles. The van der Waals surface area contributed by atoms with Crippen LogP contribution < -0.4 is 10.6 Å². The molecule has 12 heteroatoms. The lowest BCUT2D eigenvalue weighted by Gasteiger charge is -2.11. The molecular weight excluding hydrogens is 446 g/mol. The third-order valence-electron chi connectivity index (χ3n) is 3.37. The summed E-state index contributed by atoms with van der Waals surface area (Å²) in [6.07, 6.45) is -4.65. The topological polar surface area (TPSA) is 58.2 Å². The molecule has 2 amide bonds. The van der Waals surface area contributed by atoms with E-state index < -0.39 is 58.3 Å². The molecule has 4 nitrogen and oxygen atoms in total. The Morgan fingerprint density at radius 1 is 1.00 bits per heavy atom. The molecule has 156 valence electrons. The van der Waals surface area contributed by atoms with Crippen molar-refractivity contribution in [1.82, 2.24) is 5.32 Å². The number of amides is 2. The first-order chi connectivity index (χ1) is 13.5. The molecule has 0 saturated carbocycles. The van der Waals surface area contributed by atoms with Crippen molar-refractivity contribution in [3.05, 3.63) is 58.4 Å². The van der Waals surface area contributed by atoms with E-state index in [-0.39, 0.29) is 10.6 Å². The minimum absolute atomic E-state index is 0.130. The highest BCUT2D eigenvalue weighted by Crippen LogP contribution is 2.36. The first kappa shape index (κ1) is 22.9. The fourth-order valence-corrected chi connectivity index (χ4v) is 3.00. The van der Waals surface area contributed by atoms with E-state index >= 15 is 0 Å². The summed E-state index contributed by atoms with van der Waals surface area (Å²) in [6.45, 7) is -0.619. The van der Waals surface area contributed by atoms with E-state index in [1.165, 1.54) is 6.07 Å². The Bertz CT molecular complexity index is 939. The average Bonchev–Trinajstić information content (AvgIpc) is 2.65. The summed E-state index contributed by atoms with van der Waals surface area (Å²) in [5.74, 6) is -6.71. The van der Waals surface area contributed by atoms with Gasteiger partial charge in [0.25, 0.3) is 0 Å². The van der Waals surface area contributed by atoms with Crippen molar-refractivity contribution in [3.8, 4) is 0 Å². The van der Waals surface area contributed by atoms with E-state index in [0.29, 0.717) is 6.07 Å². The van der Waals surface area contributed by atoms with Crippen LogP contribution >= 0.6 is 23.4 Å². The van der Waals surface area contributed by atoms with Crippen LogP contribution in [0.4, 0.5) is 32.0 Å². The molecule has 0 heterocycles. The summed E-state index contributed by atoms with van der Waals surface area (Å²) < 4.78 is 77.8. The van der Waals surface area contributed by atoms with Crippen LogP contribution in [0, 0.1) is 17.5 Å². The minimum Gasteiger partial charge on any atom is -0.346 e. The second-order valence-corrected chi connectivity index (χ2v) is 6.93. The largest absolute Gasteiger partial charge is 0.417 e. The molecule has 2 rings (SSSR count). The van der Waals surface area contributed by atoms with Crippen LogP contribution in [0.3, 0.4) is 0 Å². The summed E-state index contributed by atoms with van der Waals surface area (Å²) >= 11 is 6.28. The van der Waals surface area contributed by atoms with Gasteiger partial charge in [-0.2, -0.15) is 13.2 Å². The molecule has 29 heavy (non-hydrogen) atoms. The predicted molar refractivity (Wildman–Crippen MR) is 95.1 cm³/mol. The van der Waals surface area contributed by atoms with Gasteiger partial charge in [0, 0.05) is 4.90 Å². The molecule has 0 atom stereocenters. The summed E-state index contributed by atoms with van der Waals surface area (Å²) in [6, 6.07) is 4.56. The molecule has 2 N–H and O–H groups in total. The number of alkyl halides is 3. The lowest BCUT2D eigenvalue weighted by Crippen LogP contribution is -2.34. The van der Waals surface area contributed by atoms with Crippen LogP contribution in [0.15, 0.2) is 35.2 Å². The number of hydrogen-bond donors (Lipinski definition) is 2. The zero-order valence-electron chi connectivity index (χ0n) is 14.2. The van der Waals surface area contributed by atoms with Gasteiger partial charge in [0.2, 0.25) is 11.8 Å². The second-order valence-electron chi connectivity index (χ2n) is 5.48. The maximum absolute atomic E-state index is 13.5. The Morgan fingerprint density at radius 3 is 2.34 bits per heavy atom. The van der Waals surface area contributed by atoms with Gasteiger partial charge >= 0.3 is 6.18 Å². The summed E-state index contributed by atoms with van der Waals surface area (Å²) in [4.78, 5) is 23.6. The maximum Gasteiger partial charge on any atom is 0.417 e. The Balaban J connectivity index is 1.86. The van der Waals surface area contributed by atoms with Crippen LogP contribution in [-0.2, 0) is 15.8 Å². The van der Waals surface area contributed by atoms with Gasteiger partial charge in [0.1, 0.15) is 0 Å². The molecule has 0 unspecified atom stereocenters. The summed E-state index contributed by atoms with van der Waals surface area (Å²) in [5, 5.41) is 3.64. The number of anilines is 1. The van der Waals surface area contributed by atoms with Gasteiger partial charge in [-0.25, -0.2) is 13.2 Å². The number of halogens is 7. The molecule has 2 aromatic rings. The molecule has 0 saturated heterocycles. The fraction of sp³-hybridized carbons (Fsp3) is 0.176. The van der Waals surface area contributed by atoms with Gasteiger partial charge in [-0.3, -0.25) is 9.59 Å². The number of nitrogens with one attached hydrogen (secondary N) is 2. The first-order valence-corrected chi connectivity index (χ1v) is 9.05. The van der Waals surface area contributed by atoms with E-state index in [9.17, 15) is 35.9 Å². The van der Waals surface area contributed by atoms with Gasteiger partial charge in [-0.15, -0.1) is 11.8 Å². The summed E-state index contributed by atoms with van der Waals surface area (Å²) in [7, 11) is 0. The van der Waals surface area contributed by atoms with E-state index in [2.05, 4.69) is 5.32 Å². The zero-order valence-corrected chi connectivity index (χ0v) is 15.7. The Labute approximate surface area is 169 Å². The van der Waals surface area contributed by atoms with Crippen LogP contribution in [0.1, 0.15) is 5.56 Å². The molecule has 0 aromatic heterocycles. The molecule has 0 bridgehead atoms. The fourth-order valence-electron chi connectivity index (χ4n) is 2.01. The Kier molecular flexibility index (Phi) is 7.42. The highest BCUT2D eigenvalue weighted by molar-refractivity contribution is 8.00. The SMILES string of the molecule is O=C(CSc1ccc(Cl)c(C(F)(F)F)c1)NCC(=O)Nc1ccc(F)c(F)c1F. The van der Waals surface area contributed by atoms with Crippen molar-refractivity contribution in [3.63, 3.8) is 0 Å². The highest BCUT2D eigenvalue weighted by atomic mass is 35.5. The quantitative estimate of drug-likeness (QED) is 0.379. The lowest BCUT2D eigenvalue weighted by atomic mass is 10.2. The molecular formula is C17H11ClF6N2O2S. The van der Waals surface area contributed by atoms with Crippen molar-refractivity contribution < 1.29 is 35.9 Å². The zero-order chi connectivity index (χ0) is 21.8. The van der Waals surface area contributed by atoms with Gasteiger partial charge < -0.3 is 10.6 Å². The van der Waals surface area contributed by atoms with E-state index in [0.717, 1.165) is 30.0 Å². The van der Waals surface area contributed by atoms with Crippen molar-refractivity contribution in [2.75, 3.05) is 17.6 Å². The van der Waals surface area contributed by atoms with Gasteiger partial charge in [-0.05, 0) is 30.3 Å². The molecule has 0 fully saturated rings. The van der Waals surface area contributed by atoms with E-state index in [1.807, 2.05) is 5.32 Å². The third kappa shape index (κ3) is 6.29. The average molecular weight is 457 g/mol. The van der Waals surface area contributed by atoms with E-state index in [4.69, 9.17) is 11.6 Å². The Morgan fingerprint density at radius 2 is 1.69 bits per heavy atom. The van der Waals surface area contributed by atoms with Crippen molar-refractivity contribution in [2.45, 2.75) is 11.1 Å². The van der Waals surface area contributed by atoms with Gasteiger partial charge in [0.05, 0.1) is 28.6 Å². The first-order valence-electron chi connectivity index (χ1n) is 7.68. The number of carbonyl (C=O) groups is 2. The number of thioether (sulfide) groups is 1. The smallest absolute Gasteiger partial charge is 0.346 e. The monoisotopic (exact) mass is 456 g/mol. The van der Waals surface area contributed by atoms with Gasteiger partial charge in [0.15, 0.2) is 17.5 Å². The van der Waals surface area contributed by atoms with Crippen LogP contribution in [0.2, 0.25) is 5.02 Å². The van der Waals surface area contributed by atoms with E-state index in [1.54, 1.807) is 0 Å². The highest BCUT2D eigenvalue weighted by Gasteiger charge is 2.33. The number of carbonyl (C=O) groups excluding carboxylic acids is 2. The standard InChI is InChI=1S/C17H11ClF6N2O2S/c18-10-2-1-8(5-9(10)17(22,23)24)29-7-14(28)25-6-13(27)26-12-4-3-11(19)15(20)16(12)21/h1-5H,6-7H2,(H,25,28)(H,26,27). The third-order valence-corrected chi connectivity index (χ3v) is 4.69. The normalized spacial score (nSPS) is 11.3. The molecule has 0 aliphatic rings. The number of rotatable bonds is 6. The van der Waals surface area contributed by atoms with Crippen molar-refractivity contribution >= 4 is 40.9 Å². The maximum atomic E-state index is 13.5. The van der Waals surface area contributed by atoms with Crippen molar-refractivity contribution in [1.29, 1.82) is 0 Å². The number of hydrogen-bond acceptors (Lipinski definition) is 3. The molecule has 0 spiro atoms. The molecule has 2 aromatic carbocycles. The predicted octanol–water partition coefficient (Wildman–Crippen LogP) is 4.62. The second kappa shape index (κ2) is 9.40. The molecule has 0 radical (unpaired) electrons. The minimum atomic E-state index is -4.65.